The maximum Gasteiger partial charge on any atom is 0.114 e. The van der Waals surface area contributed by atoms with Crippen LogP contribution < -0.4 is 5.46 Å². The van der Waals surface area contributed by atoms with E-state index in [1.54, 1.807) is 0 Å². The van der Waals surface area contributed by atoms with Gasteiger partial charge in [-0.05, 0) is 19.4 Å². The number of benzene rings is 1. The molecule has 0 saturated carbocycles. The zero-order valence-electron chi connectivity index (χ0n) is 9.81. The summed E-state index contributed by atoms with van der Waals surface area (Å²) in [7, 11) is 5.62. The Hall–Kier alpha value is -0.715. The summed E-state index contributed by atoms with van der Waals surface area (Å²) in [5.74, 6) is 0. The van der Waals surface area contributed by atoms with Crippen LogP contribution in [-0.4, -0.2) is 7.85 Å². The predicted molar refractivity (Wildman–Crippen MR) is 64.0 cm³/mol. The molecular weight excluding hydrogens is 155 g/mol. The molecule has 0 fully saturated rings. The second-order valence-corrected chi connectivity index (χ2v) is 2.29. The highest BCUT2D eigenvalue weighted by Crippen LogP contribution is 1.99. The molecule has 0 spiro atoms. The van der Waals surface area contributed by atoms with E-state index in [0.717, 1.165) is 5.46 Å². The highest BCUT2D eigenvalue weighted by molar-refractivity contribution is 6.33. The van der Waals surface area contributed by atoms with Crippen LogP contribution in [0.5, 0.6) is 0 Å². The van der Waals surface area contributed by atoms with E-state index < -0.39 is 0 Å². The summed E-state index contributed by atoms with van der Waals surface area (Å²) in [6, 6.07) is 5.95. The first kappa shape index (κ1) is 14.8. The van der Waals surface area contributed by atoms with Gasteiger partial charge in [0.15, 0.2) is 0 Å². The highest BCUT2D eigenvalue weighted by atomic mass is 13.9. The first-order valence-corrected chi connectivity index (χ1v) is 5.03. The molecule has 1 aromatic carbocycles. The summed E-state index contributed by atoms with van der Waals surface area (Å²) in [5, 5.41) is 0. The quantitative estimate of drug-likeness (QED) is 0.532. The van der Waals surface area contributed by atoms with Gasteiger partial charge in [0.2, 0.25) is 0 Å². The van der Waals surface area contributed by atoms with E-state index in [4.69, 9.17) is 7.85 Å². The van der Waals surface area contributed by atoms with Gasteiger partial charge >= 0.3 is 0 Å². The lowest BCUT2D eigenvalue weighted by atomic mass is 9.89. The summed E-state index contributed by atoms with van der Waals surface area (Å²) in [6.45, 7) is 12.1. The number of hydrogen-bond acceptors (Lipinski definition) is 0. The third kappa shape index (κ3) is 5.51. The number of hydrogen-bond donors (Lipinski definition) is 0. The van der Waals surface area contributed by atoms with Crippen molar-refractivity contribution in [3.05, 3.63) is 29.3 Å². The minimum Gasteiger partial charge on any atom is -0.0936 e. The van der Waals surface area contributed by atoms with Crippen molar-refractivity contribution in [1.82, 2.24) is 0 Å². The molecule has 0 aliphatic rings. The maximum absolute atomic E-state index is 5.62. The molecule has 0 N–H and O–H groups in total. The molecule has 2 radical (unpaired) electrons. The lowest BCUT2D eigenvalue weighted by molar-refractivity contribution is 1.37. The molecule has 1 aromatic rings. The third-order valence-electron chi connectivity index (χ3n) is 1.65. The fraction of sp³-hybridized carbons (Fsp3) is 0.500. The monoisotopic (exact) mass is 176 g/mol. The molecule has 1 heteroatoms. The molecule has 0 saturated heterocycles. The van der Waals surface area contributed by atoms with Crippen LogP contribution in [0.15, 0.2) is 18.2 Å². The Kier molecular flexibility index (Phi) is 10.7. The van der Waals surface area contributed by atoms with Crippen molar-refractivity contribution in [3.63, 3.8) is 0 Å². The SMILES string of the molecule is CC.CC.[B]c1cccc(C)c1C. The lowest BCUT2D eigenvalue weighted by Crippen LogP contribution is -2.07. The van der Waals surface area contributed by atoms with Crippen LogP contribution in [0.1, 0.15) is 38.8 Å². The van der Waals surface area contributed by atoms with E-state index in [0.29, 0.717) is 0 Å². The van der Waals surface area contributed by atoms with Crippen LogP contribution in [0.25, 0.3) is 0 Å². The van der Waals surface area contributed by atoms with Crippen LogP contribution in [0.3, 0.4) is 0 Å². The molecular formula is C12H21B. The summed E-state index contributed by atoms with van der Waals surface area (Å²) in [5.41, 5.74) is 3.34. The van der Waals surface area contributed by atoms with Gasteiger partial charge in [0, 0.05) is 0 Å². The van der Waals surface area contributed by atoms with Gasteiger partial charge < -0.3 is 0 Å². The van der Waals surface area contributed by atoms with E-state index in [1.807, 2.05) is 46.8 Å². The van der Waals surface area contributed by atoms with Gasteiger partial charge in [0.1, 0.15) is 7.85 Å². The van der Waals surface area contributed by atoms with Crippen molar-refractivity contribution in [2.75, 3.05) is 0 Å². The Labute approximate surface area is 84.8 Å². The molecule has 13 heavy (non-hydrogen) atoms. The second kappa shape index (κ2) is 9.37. The van der Waals surface area contributed by atoms with E-state index in [1.165, 1.54) is 11.1 Å². The molecule has 72 valence electrons. The van der Waals surface area contributed by atoms with Crippen molar-refractivity contribution in [1.29, 1.82) is 0 Å². The zero-order valence-corrected chi connectivity index (χ0v) is 9.81. The number of aryl methyl sites for hydroxylation is 1. The molecule has 0 amide bonds. The smallest absolute Gasteiger partial charge is 0.0936 e. The van der Waals surface area contributed by atoms with Crippen LogP contribution >= 0.6 is 0 Å². The Morgan fingerprint density at radius 2 is 1.38 bits per heavy atom. The van der Waals surface area contributed by atoms with Gasteiger partial charge in [-0.2, -0.15) is 0 Å². The molecule has 0 aliphatic carbocycles. The second-order valence-electron chi connectivity index (χ2n) is 2.29. The molecule has 0 aliphatic heterocycles. The minimum absolute atomic E-state index is 0.884. The standard InChI is InChI=1S/C8H9B.2C2H6/c1-6-4-3-5-8(9)7(6)2;2*1-2/h3-5H,1-2H3;2*1-2H3. The van der Waals surface area contributed by atoms with Crippen LogP contribution in [0, 0.1) is 13.8 Å². The molecule has 0 atom stereocenters. The largest absolute Gasteiger partial charge is 0.114 e. The number of rotatable bonds is 0. The van der Waals surface area contributed by atoms with Crippen molar-refractivity contribution in [3.8, 4) is 0 Å². The third-order valence-corrected chi connectivity index (χ3v) is 1.65. The van der Waals surface area contributed by atoms with E-state index in [2.05, 4.69) is 13.0 Å². The van der Waals surface area contributed by atoms with Gasteiger partial charge in [0.25, 0.3) is 0 Å². The van der Waals surface area contributed by atoms with Crippen LogP contribution in [0.4, 0.5) is 0 Å². The normalized spacial score (nSPS) is 7.54. The maximum atomic E-state index is 5.62. The summed E-state index contributed by atoms with van der Waals surface area (Å²) < 4.78 is 0. The van der Waals surface area contributed by atoms with Gasteiger partial charge in [-0.1, -0.05) is 56.9 Å². The predicted octanol–water partition coefficient (Wildman–Crippen LogP) is 3.15. The highest BCUT2D eigenvalue weighted by Gasteiger charge is 1.91. The molecule has 0 heterocycles. The Balaban J connectivity index is 0. The molecule has 1 rings (SSSR count). The van der Waals surface area contributed by atoms with Crippen molar-refractivity contribution in [2.45, 2.75) is 41.5 Å². The zero-order chi connectivity index (χ0) is 10.9. The average Bonchev–Trinajstić information content (AvgIpc) is 2.20. The van der Waals surface area contributed by atoms with Gasteiger partial charge in [0.05, 0.1) is 0 Å². The molecule has 0 bridgehead atoms. The van der Waals surface area contributed by atoms with Crippen LogP contribution in [0.2, 0.25) is 0 Å². The van der Waals surface area contributed by atoms with Crippen molar-refractivity contribution in [2.24, 2.45) is 0 Å². The fourth-order valence-corrected chi connectivity index (χ4v) is 0.774. The van der Waals surface area contributed by atoms with Crippen molar-refractivity contribution < 1.29 is 0 Å². The minimum atomic E-state index is 0.884. The van der Waals surface area contributed by atoms with Gasteiger partial charge in [-0.15, -0.1) is 0 Å². The van der Waals surface area contributed by atoms with Crippen molar-refractivity contribution >= 4 is 13.3 Å². The molecule has 0 unspecified atom stereocenters. The van der Waals surface area contributed by atoms with E-state index >= 15 is 0 Å². The Morgan fingerprint density at radius 3 is 1.69 bits per heavy atom. The molecule has 0 nitrogen and oxygen atoms in total. The van der Waals surface area contributed by atoms with E-state index in [-0.39, 0.29) is 0 Å². The van der Waals surface area contributed by atoms with Gasteiger partial charge in [-0.3, -0.25) is 0 Å². The topological polar surface area (TPSA) is 0 Å². The van der Waals surface area contributed by atoms with Crippen LogP contribution in [-0.2, 0) is 0 Å². The summed E-state index contributed by atoms with van der Waals surface area (Å²) >= 11 is 0. The first-order valence-electron chi connectivity index (χ1n) is 5.03. The fourth-order valence-electron chi connectivity index (χ4n) is 0.774. The lowest BCUT2D eigenvalue weighted by Gasteiger charge is -2.01. The summed E-state index contributed by atoms with van der Waals surface area (Å²) in [4.78, 5) is 0. The first-order chi connectivity index (χ1) is 6.22. The van der Waals surface area contributed by atoms with E-state index in [9.17, 15) is 0 Å². The van der Waals surface area contributed by atoms with Gasteiger partial charge in [-0.25, -0.2) is 0 Å². The summed E-state index contributed by atoms with van der Waals surface area (Å²) in [6.07, 6.45) is 0. The Morgan fingerprint density at radius 1 is 0.923 bits per heavy atom. The Bertz CT molecular complexity index is 196. The average molecular weight is 176 g/mol. The molecule has 0 aromatic heterocycles.